The van der Waals surface area contributed by atoms with E-state index in [9.17, 15) is 31.5 Å². The third-order valence-electron chi connectivity index (χ3n) is 3.38. The maximum absolute atomic E-state index is 14.0. The second-order valence-electron chi connectivity index (χ2n) is 5.42. The van der Waals surface area contributed by atoms with Crippen LogP contribution in [0.15, 0.2) is 28.7 Å². The Balaban J connectivity index is 2.35. The summed E-state index contributed by atoms with van der Waals surface area (Å²) in [5, 5.41) is 2.22. The summed E-state index contributed by atoms with van der Waals surface area (Å²) in [7, 11) is 0. The fraction of sp³-hybridized carbons (Fsp3) is 0.176. The largest absolute Gasteiger partial charge is 0.440 e. The SMILES string of the molecule is CC(=O)C[C@@H](OC(=O)Nc1ccc(Br)cc1)c1c(F)c(F)c(F)c(F)c1F. The number of anilines is 1. The van der Waals surface area contributed by atoms with Crippen molar-refractivity contribution in [1.82, 2.24) is 0 Å². The van der Waals surface area contributed by atoms with Crippen LogP contribution in [-0.4, -0.2) is 11.9 Å². The van der Waals surface area contributed by atoms with Crippen LogP contribution in [0.25, 0.3) is 0 Å². The predicted molar refractivity (Wildman–Crippen MR) is 88.5 cm³/mol. The Hall–Kier alpha value is -2.49. The van der Waals surface area contributed by atoms with Gasteiger partial charge >= 0.3 is 6.09 Å². The van der Waals surface area contributed by atoms with E-state index in [2.05, 4.69) is 21.2 Å². The van der Waals surface area contributed by atoms with E-state index in [-0.39, 0.29) is 5.69 Å². The number of amides is 1. The molecule has 4 nitrogen and oxygen atoms in total. The third-order valence-corrected chi connectivity index (χ3v) is 3.91. The van der Waals surface area contributed by atoms with Crippen molar-refractivity contribution >= 4 is 33.5 Å². The van der Waals surface area contributed by atoms with Gasteiger partial charge in [0.25, 0.3) is 0 Å². The lowest BCUT2D eigenvalue weighted by atomic mass is 10.0. The summed E-state index contributed by atoms with van der Waals surface area (Å²) in [6.45, 7) is 1.01. The van der Waals surface area contributed by atoms with E-state index in [1.807, 2.05) is 0 Å². The van der Waals surface area contributed by atoms with Gasteiger partial charge in [0.1, 0.15) is 11.9 Å². The average Bonchev–Trinajstić information content (AvgIpc) is 2.60. The van der Waals surface area contributed by atoms with Gasteiger partial charge in [-0.25, -0.2) is 26.7 Å². The van der Waals surface area contributed by atoms with Crippen LogP contribution in [0.4, 0.5) is 32.4 Å². The molecule has 0 saturated heterocycles. The van der Waals surface area contributed by atoms with E-state index in [0.717, 1.165) is 6.92 Å². The molecule has 144 valence electrons. The van der Waals surface area contributed by atoms with E-state index in [1.165, 1.54) is 12.1 Å². The fourth-order valence-corrected chi connectivity index (χ4v) is 2.44. The minimum absolute atomic E-state index is 0.238. The number of carbonyl (C=O) groups is 2. The van der Waals surface area contributed by atoms with Crippen LogP contribution in [0.2, 0.25) is 0 Å². The molecule has 0 heterocycles. The van der Waals surface area contributed by atoms with Gasteiger partial charge in [0.2, 0.25) is 5.82 Å². The fourth-order valence-electron chi connectivity index (χ4n) is 2.18. The van der Waals surface area contributed by atoms with Crippen LogP contribution in [-0.2, 0) is 9.53 Å². The maximum atomic E-state index is 14.0. The molecule has 2 aromatic carbocycles. The lowest BCUT2D eigenvalue weighted by Gasteiger charge is -2.19. The first-order valence-corrected chi connectivity index (χ1v) is 8.15. The third kappa shape index (κ3) is 4.82. The molecule has 2 rings (SSSR count). The van der Waals surface area contributed by atoms with Crippen molar-refractivity contribution in [2.75, 3.05) is 5.32 Å². The van der Waals surface area contributed by atoms with Crippen molar-refractivity contribution < 1.29 is 36.3 Å². The van der Waals surface area contributed by atoms with Crippen LogP contribution in [0.3, 0.4) is 0 Å². The number of carbonyl (C=O) groups excluding carboxylic acids is 2. The van der Waals surface area contributed by atoms with E-state index in [4.69, 9.17) is 4.74 Å². The molecule has 1 amide bonds. The standard InChI is InChI=1S/C17H11BrF5NO3/c1-7(25)6-10(11-12(19)14(21)16(23)15(22)13(11)20)27-17(26)24-9-4-2-8(18)3-5-9/h2-5,10H,6H2,1H3,(H,24,26)/t10-/m1/s1. The summed E-state index contributed by atoms with van der Waals surface area (Å²) in [4.78, 5) is 23.3. The Labute approximate surface area is 158 Å². The highest BCUT2D eigenvalue weighted by molar-refractivity contribution is 9.10. The summed E-state index contributed by atoms with van der Waals surface area (Å²) >= 11 is 3.18. The summed E-state index contributed by atoms with van der Waals surface area (Å²) in [6.07, 6.45) is -4.04. The molecule has 0 unspecified atom stereocenters. The molecule has 0 aromatic heterocycles. The number of rotatable bonds is 5. The molecule has 2 aromatic rings. The van der Waals surface area contributed by atoms with Crippen LogP contribution < -0.4 is 5.32 Å². The number of hydrogen-bond acceptors (Lipinski definition) is 3. The lowest BCUT2D eigenvalue weighted by molar-refractivity contribution is -0.118. The Kier molecular flexibility index (Phi) is 6.53. The first-order valence-electron chi connectivity index (χ1n) is 7.35. The zero-order valence-corrected chi connectivity index (χ0v) is 15.2. The number of Topliss-reactive ketones (excluding diaryl/α,β-unsaturated/α-hetero) is 1. The van der Waals surface area contributed by atoms with E-state index in [1.54, 1.807) is 12.1 Å². The van der Waals surface area contributed by atoms with E-state index >= 15 is 0 Å². The monoisotopic (exact) mass is 451 g/mol. The van der Waals surface area contributed by atoms with E-state index < -0.39 is 59.1 Å². The topological polar surface area (TPSA) is 55.4 Å². The maximum Gasteiger partial charge on any atom is 0.412 e. The van der Waals surface area contributed by atoms with Crippen LogP contribution in [0, 0.1) is 29.1 Å². The highest BCUT2D eigenvalue weighted by atomic mass is 79.9. The van der Waals surface area contributed by atoms with Crippen LogP contribution in [0.1, 0.15) is 25.0 Å². The molecule has 10 heteroatoms. The number of halogens is 6. The molecule has 0 saturated carbocycles. The molecule has 0 aliphatic heterocycles. The Morgan fingerprint density at radius 2 is 1.44 bits per heavy atom. The van der Waals surface area contributed by atoms with Gasteiger partial charge in [-0.3, -0.25) is 10.1 Å². The van der Waals surface area contributed by atoms with Crippen molar-refractivity contribution in [3.8, 4) is 0 Å². The number of ketones is 1. The molecule has 0 aliphatic rings. The quantitative estimate of drug-likeness (QED) is 0.375. The van der Waals surface area contributed by atoms with Crippen LogP contribution >= 0.6 is 15.9 Å². The van der Waals surface area contributed by atoms with E-state index in [0.29, 0.717) is 4.47 Å². The zero-order chi connectivity index (χ0) is 20.3. The smallest absolute Gasteiger partial charge is 0.412 e. The molecule has 0 radical (unpaired) electrons. The highest BCUT2D eigenvalue weighted by Gasteiger charge is 2.33. The molecule has 1 N–H and O–H groups in total. The van der Waals surface area contributed by atoms with Crippen molar-refractivity contribution in [2.45, 2.75) is 19.4 Å². The Morgan fingerprint density at radius 3 is 1.93 bits per heavy atom. The van der Waals surface area contributed by atoms with Gasteiger partial charge in [-0.2, -0.15) is 0 Å². The number of hydrogen-bond donors (Lipinski definition) is 1. The van der Waals surface area contributed by atoms with Gasteiger partial charge in [-0.05, 0) is 31.2 Å². The molecular weight excluding hydrogens is 441 g/mol. The van der Waals surface area contributed by atoms with Gasteiger partial charge in [0, 0.05) is 16.6 Å². The van der Waals surface area contributed by atoms with Gasteiger partial charge < -0.3 is 4.74 Å². The van der Waals surface area contributed by atoms with Crippen molar-refractivity contribution in [3.05, 3.63) is 63.4 Å². The normalized spacial score (nSPS) is 11.8. The number of nitrogens with one attached hydrogen (secondary N) is 1. The minimum Gasteiger partial charge on any atom is -0.440 e. The van der Waals surface area contributed by atoms with Gasteiger partial charge in [-0.1, -0.05) is 15.9 Å². The molecule has 27 heavy (non-hydrogen) atoms. The number of benzene rings is 2. The van der Waals surface area contributed by atoms with Gasteiger partial charge in [0.15, 0.2) is 23.3 Å². The minimum atomic E-state index is -2.35. The number of ether oxygens (including phenoxy) is 1. The Morgan fingerprint density at radius 1 is 0.963 bits per heavy atom. The van der Waals surface area contributed by atoms with Crippen molar-refractivity contribution in [1.29, 1.82) is 0 Å². The molecule has 0 spiro atoms. The second-order valence-corrected chi connectivity index (χ2v) is 6.33. The summed E-state index contributed by atoms with van der Waals surface area (Å²) < 4.78 is 73.5. The first kappa shape index (κ1) is 20.8. The average molecular weight is 452 g/mol. The van der Waals surface area contributed by atoms with Crippen molar-refractivity contribution in [2.24, 2.45) is 0 Å². The summed E-state index contributed by atoms with van der Waals surface area (Å²) in [5.41, 5.74) is -1.16. The predicted octanol–water partition coefficient (Wildman–Crippen LogP) is 5.41. The molecule has 0 aliphatic carbocycles. The molecule has 0 fully saturated rings. The zero-order valence-electron chi connectivity index (χ0n) is 13.6. The summed E-state index contributed by atoms with van der Waals surface area (Å²) in [5.74, 6) is -11.8. The van der Waals surface area contributed by atoms with Crippen LogP contribution in [0.5, 0.6) is 0 Å². The van der Waals surface area contributed by atoms with Crippen molar-refractivity contribution in [3.63, 3.8) is 0 Å². The summed E-state index contributed by atoms with van der Waals surface area (Å²) in [6, 6.07) is 6.08. The molecule has 1 atom stereocenters. The van der Waals surface area contributed by atoms with Gasteiger partial charge in [-0.15, -0.1) is 0 Å². The molecule has 0 bridgehead atoms. The first-order chi connectivity index (χ1) is 12.6. The Bertz CT molecular complexity index is 860. The second kappa shape index (κ2) is 8.47. The van der Waals surface area contributed by atoms with Gasteiger partial charge in [0.05, 0.1) is 5.56 Å². The lowest BCUT2D eigenvalue weighted by Crippen LogP contribution is -2.22. The molecular formula is C17H11BrF5NO3. The highest BCUT2D eigenvalue weighted by Crippen LogP contribution is 2.32.